The van der Waals surface area contributed by atoms with E-state index in [-0.39, 0.29) is 81.2 Å². The van der Waals surface area contributed by atoms with Gasteiger partial charge in [0.1, 0.15) is 23.0 Å². The number of ketones is 1. The Morgan fingerprint density at radius 1 is 0.593 bits per heavy atom. The second kappa shape index (κ2) is 21.7. The van der Waals surface area contributed by atoms with E-state index >= 15 is 0 Å². The maximum atomic E-state index is 13.2. The molecule has 1 aromatic heterocycles. The van der Waals surface area contributed by atoms with E-state index in [0.717, 1.165) is 17.4 Å². The smallest absolute Gasteiger partial charge is 0.333 e. The molecule has 4 aromatic rings. The van der Waals surface area contributed by atoms with Crippen LogP contribution in [0.5, 0.6) is 34.5 Å². The minimum atomic E-state index is -0.608. The number of fused-ring (bicyclic) bond motifs is 1. The standard InChI is InChI=1S/C43H40NO13S.Y/c1-3-30(45)23-51-31-13-17-33(18-14-31)54-40(47)26-5-9-28(10-6-26)42(49)56-35-21-22-36(39-38(35)44-24-58-39)57-43(50)29-11-7-27(8-12-29)41(48)55-34-19-15-32(16-20-34)52-25-53-37(46)4-2;/h3-4,13-22,26-29H,1-2,5-12,23,25H2;/q-1;. The van der Waals surface area contributed by atoms with Gasteiger partial charge < -0.3 is 38.1 Å². The molecule has 2 aliphatic carbocycles. The molecule has 305 valence electrons. The van der Waals surface area contributed by atoms with Gasteiger partial charge >= 0.3 is 29.8 Å². The summed E-state index contributed by atoms with van der Waals surface area (Å²) in [6.45, 7) is 6.30. The van der Waals surface area contributed by atoms with Gasteiger partial charge in [0.25, 0.3) is 0 Å². The zero-order chi connectivity index (χ0) is 41.0. The van der Waals surface area contributed by atoms with Crippen LogP contribution in [0.2, 0.25) is 0 Å². The summed E-state index contributed by atoms with van der Waals surface area (Å²) < 4.78 is 38.6. The van der Waals surface area contributed by atoms with Crippen LogP contribution < -0.4 is 28.4 Å². The van der Waals surface area contributed by atoms with Crippen LogP contribution in [-0.2, 0) is 66.2 Å². The van der Waals surface area contributed by atoms with Crippen LogP contribution in [0.3, 0.4) is 0 Å². The average Bonchev–Trinajstić information content (AvgIpc) is 3.76. The molecular weight excluding hydrogens is 859 g/mol. The molecule has 16 heteroatoms. The van der Waals surface area contributed by atoms with E-state index in [4.69, 9.17) is 33.2 Å². The maximum absolute atomic E-state index is 13.2. The molecule has 2 fully saturated rings. The van der Waals surface area contributed by atoms with E-state index in [2.05, 4.69) is 23.7 Å². The molecule has 0 aliphatic heterocycles. The molecule has 3 aromatic carbocycles. The Balaban J connectivity index is 0.00000661. The Labute approximate surface area is 369 Å². The minimum absolute atomic E-state index is 0. The largest absolute Gasteiger partial charge is 0.485 e. The Morgan fingerprint density at radius 3 is 1.49 bits per heavy atom. The van der Waals surface area contributed by atoms with Gasteiger partial charge in [0.2, 0.25) is 6.79 Å². The Bertz CT molecular complexity index is 2150. The molecule has 0 spiro atoms. The predicted octanol–water partition coefficient (Wildman–Crippen LogP) is 6.93. The third kappa shape index (κ3) is 12.4. The summed E-state index contributed by atoms with van der Waals surface area (Å²) in [5.74, 6) is -2.08. The first kappa shape index (κ1) is 44.8. The van der Waals surface area contributed by atoms with Crippen molar-refractivity contribution in [3.8, 4) is 34.5 Å². The van der Waals surface area contributed by atoms with Crippen molar-refractivity contribution in [1.82, 2.24) is 4.98 Å². The zero-order valence-corrected chi connectivity index (χ0v) is 35.6. The van der Waals surface area contributed by atoms with Crippen molar-refractivity contribution in [3.05, 3.63) is 91.5 Å². The first-order chi connectivity index (χ1) is 28.1. The molecule has 0 saturated heterocycles. The van der Waals surface area contributed by atoms with Crippen molar-refractivity contribution in [2.75, 3.05) is 13.4 Å². The van der Waals surface area contributed by atoms with E-state index in [0.29, 0.717) is 84.6 Å². The van der Waals surface area contributed by atoms with Crippen LogP contribution >= 0.6 is 11.3 Å². The molecule has 2 saturated carbocycles. The van der Waals surface area contributed by atoms with Crippen molar-refractivity contribution in [2.24, 2.45) is 23.7 Å². The van der Waals surface area contributed by atoms with Gasteiger partial charge in [0, 0.05) is 38.8 Å². The average molecular weight is 900 g/mol. The van der Waals surface area contributed by atoms with E-state index < -0.39 is 35.7 Å². The fourth-order valence-corrected chi connectivity index (χ4v) is 7.25. The number of rotatable bonds is 16. The number of hydrogen-bond donors (Lipinski definition) is 0. The predicted molar refractivity (Wildman–Crippen MR) is 207 cm³/mol. The molecule has 0 amide bonds. The first-order valence-electron chi connectivity index (χ1n) is 18.7. The van der Waals surface area contributed by atoms with Gasteiger partial charge in [-0.1, -0.05) is 17.9 Å². The van der Waals surface area contributed by atoms with E-state index in [9.17, 15) is 28.8 Å². The number of ether oxygens (including phenoxy) is 7. The Hall–Kier alpha value is -5.25. The summed E-state index contributed by atoms with van der Waals surface area (Å²) in [6, 6.07) is 15.8. The van der Waals surface area contributed by atoms with E-state index in [1.807, 2.05) is 0 Å². The van der Waals surface area contributed by atoms with Crippen molar-refractivity contribution < 1.29 is 94.6 Å². The van der Waals surface area contributed by atoms with Crippen LogP contribution in [0.4, 0.5) is 0 Å². The summed E-state index contributed by atoms with van der Waals surface area (Å²) in [4.78, 5) is 78.9. The third-order valence-corrected chi connectivity index (χ3v) is 10.6. The summed E-state index contributed by atoms with van der Waals surface area (Å²) >= 11 is 1.13. The number of carbonyl (C=O) groups excluding carboxylic acids is 6. The summed E-state index contributed by atoms with van der Waals surface area (Å²) in [5.41, 5.74) is 3.13. The molecule has 0 atom stereocenters. The number of aromatic nitrogens is 1. The van der Waals surface area contributed by atoms with Gasteiger partial charge in [-0.3, -0.25) is 35.3 Å². The van der Waals surface area contributed by atoms with Gasteiger partial charge in [0.05, 0.1) is 35.2 Å². The van der Waals surface area contributed by atoms with Gasteiger partial charge in [-0.2, -0.15) is 0 Å². The molecule has 6 rings (SSSR count). The second-order valence-corrected chi connectivity index (χ2v) is 14.5. The van der Waals surface area contributed by atoms with Gasteiger partial charge in [-0.15, -0.1) is 0 Å². The summed E-state index contributed by atoms with van der Waals surface area (Å²) in [7, 11) is 0. The first-order valence-corrected chi connectivity index (χ1v) is 19.5. The van der Waals surface area contributed by atoms with E-state index in [1.165, 1.54) is 12.1 Å². The van der Waals surface area contributed by atoms with Crippen LogP contribution in [-0.4, -0.2) is 54.0 Å². The number of carbonyl (C=O) groups is 6. The topological polar surface area (TPSA) is 180 Å². The second-order valence-electron chi connectivity index (χ2n) is 13.7. The molecule has 0 unspecified atom stereocenters. The molecule has 2 aliphatic rings. The zero-order valence-electron chi connectivity index (χ0n) is 32.0. The van der Waals surface area contributed by atoms with Crippen LogP contribution in [0.1, 0.15) is 51.4 Å². The van der Waals surface area contributed by atoms with Crippen LogP contribution in [0, 0.1) is 29.2 Å². The monoisotopic (exact) mass is 899 g/mol. The van der Waals surface area contributed by atoms with Gasteiger partial charge in [-0.05, 0) is 129 Å². The molecule has 59 heavy (non-hydrogen) atoms. The summed E-state index contributed by atoms with van der Waals surface area (Å²) in [6.07, 6.45) is 5.74. The van der Waals surface area contributed by atoms with Crippen molar-refractivity contribution in [2.45, 2.75) is 51.4 Å². The van der Waals surface area contributed by atoms with Crippen molar-refractivity contribution in [1.29, 1.82) is 0 Å². The normalized spacial score (nSPS) is 18.5. The quantitative estimate of drug-likeness (QED) is 0.0372. The fraction of sp³-hybridized carbons (Fsp3) is 0.326. The number of nitrogens with zero attached hydrogens (tertiary/aromatic N) is 1. The van der Waals surface area contributed by atoms with Crippen LogP contribution in [0.25, 0.3) is 10.2 Å². The van der Waals surface area contributed by atoms with Crippen molar-refractivity contribution in [3.63, 3.8) is 0 Å². The molecular formula is C43H40NO13SY-. The van der Waals surface area contributed by atoms with Crippen molar-refractivity contribution >= 4 is 57.2 Å². The number of thiazole rings is 1. The van der Waals surface area contributed by atoms with Crippen LogP contribution in [0.15, 0.2) is 86.0 Å². The van der Waals surface area contributed by atoms with Gasteiger partial charge in [0.15, 0.2) is 12.4 Å². The molecule has 14 nitrogen and oxygen atoms in total. The number of benzene rings is 3. The minimum Gasteiger partial charge on any atom is -0.485 e. The maximum Gasteiger partial charge on any atom is 0.333 e. The van der Waals surface area contributed by atoms with Gasteiger partial charge in [-0.25, -0.2) is 4.79 Å². The fourth-order valence-electron chi connectivity index (χ4n) is 6.56. The third-order valence-electron chi connectivity index (χ3n) is 9.86. The molecule has 1 heterocycles. The molecule has 0 N–H and O–H groups in total. The Morgan fingerprint density at radius 2 is 1.02 bits per heavy atom. The molecule has 1 radical (unpaired) electrons. The summed E-state index contributed by atoms with van der Waals surface area (Å²) in [5, 5.41) is 0. The SMILES string of the molecule is C=CC(=O)COc1ccc(OC(=O)C2CCC(C(=O)Oc3ccc(OC(=O)C4CCC(C(=O)Oc5ccc(OCOC(=O)C=C)cc5)CC4)c4s[c-]nc34)CC2)cc1.[Y]. The Kier molecular flexibility index (Phi) is 16.5. The van der Waals surface area contributed by atoms with E-state index in [1.54, 1.807) is 54.6 Å². The molecule has 0 bridgehead atoms. The number of hydrogen-bond acceptors (Lipinski definition) is 15. The number of esters is 5.